The van der Waals surface area contributed by atoms with Crippen LogP contribution in [0.2, 0.25) is 0 Å². The van der Waals surface area contributed by atoms with Gasteiger partial charge in [-0.2, -0.15) is 0 Å². The van der Waals surface area contributed by atoms with Gasteiger partial charge in [0.05, 0.1) is 19.0 Å². The van der Waals surface area contributed by atoms with Crippen LogP contribution in [0.4, 0.5) is 0 Å². The zero-order valence-electron chi connectivity index (χ0n) is 13.2. The molecule has 1 aromatic rings. The number of amidine groups is 1. The number of hydrogen-bond acceptors (Lipinski definition) is 4. The second-order valence-corrected chi connectivity index (χ2v) is 5.19. The van der Waals surface area contributed by atoms with Crippen LogP contribution >= 0.6 is 0 Å². The minimum Gasteiger partial charge on any atom is -0.388 e. The zero-order valence-corrected chi connectivity index (χ0v) is 13.2. The van der Waals surface area contributed by atoms with E-state index in [4.69, 9.17) is 20.6 Å². The summed E-state index contributed by atoms with van der Waals surface area (Å²) < 4.78 is 10.5. The van der Waals surface area contributed by atoms with Gasteiger partial charge in [0.2, 0.25) is 0 Å². The van der Waals surface area contributed by atoms with Gasteiger partial charge in [-0.25, -0.2) is 0 Å². The Labute approximate surface area is 127 Å². The van der Waals surface area contributed by atoms with Crippen molar-refractivity contribution < 1.29 is 9.47 Å². The van der Waals surface area contributed by atoms with Gasteiger partial charge in [-0.3, -0.25) is 10.3 Å². The first kappa shape index (κ1) is 17.6. The first-order valence-corrected chi connectivity index (χ1v) is 7.21. The molecule has 0 saturated carbocycles. The quantitative estimate of drug-likeness (QED) is 0.511. The SMILES string of the molecule is COCCN(C(C)COC)C(CC(=N)N)c1ccccc1. The van der Waals surface area contributed by atoms with E-state index in [0.717, 1.165) is 12.1 Å². The molecule has 0 amide bonds. The normalized spacial score (nSPS) is 14.1. The smallest absolute Gasteiger partial charge is 0.0924 e. The van der Waals surface area contributed by atoms with Crippen molar-refractivity contribution in [3.8, 4) is 0 Å². The molecule has 0 aliphatic heterocycles. The lowest BCUT2D eigenvalue weighted by molar-refractivity contribution is 0.0481. The second-order valence-electron chi connectivity index (χ2n) is 5.19. The van der Waals surface area contributed by atoms with Gasteiger partial charge in [0.1, 0.15) is 0 Å². The Kier molecular flexibility index (Phi) is 7.97. The lowest BCUT2D eigenvalue weighted by Crippen LogP contribution is -2.42. The van der Waals surface area contributed by atoms with Crippen LogP contribution in [-0.4, -0.2) is 50.8 Å². The van der Waals surface area contributed by atoms with Crippen molar-refractivity contribution in [1.29, 1.82) is 5.41 Å². The molecule has 3 N–H and O–H groups in total. The summed E-state index contributed by atoms with van der Waals surface area (Å²) in [6.45, 7) is 4.16. The number of benzene rings is 1. The van der Waals surface area contributed by atoms with E-state index in [9.17, 15) is 0 Å². The van der Waals surface area contributed by atoms with Gasteiger partial charge >= 0.3 is 0 Å². The van der Waals surface area contributed by atoms with Crippen molar-refractivity contribution in [3.63, 3.8) is 0 Å². The van der Waals surface area contributed by atoms with Gasteiger partial charge in [-0.05, 0) is 12.5 Å². The zero-order chi connectivity index (χ0) is 15.7. The average molecular weight is 293 g/mol. The fourth-order valence-electron chi connectivity index (χ4n) is 2.53. The minimum absolute atomic E-state index is 0.0593. The molecule has 0 spiro atoms. The molecule has 2 unspecified atom stereocenters. The van der Waals surface area contributed by atoms with Gasteiger partial charge < -0.3 is 15.2 Å². The molecule has 5 heteroatoms. The van der Waals surface area contributed by atoms with Crippen molar-refractivity contribution in [3.05, 3.63) is 35.9 Å². The summed E-state index contributed by atoms with van der Waals surface area (Å²) in [6.07, 6.45) is 0.502. The molecule has 0 radical (unpaired) electrons. The number of rotatable bonds is 10. The van der Waals surface area contributed by atoms with Crippen LogP contribution in [0.5, 0.6) is 0 Å². The molecule has 1 aromatic carbocycles. The van der Waals surface area contributed by atoms with E-state index in [1.165, 1.54) is 0 Å². The Morgan fingerprint density at radius 3 is 2.43 bits per heavy atom. The summed E-state index contributed by atoms with van der Waals surface area (Å²) in [4.78, 5) is 2.30. The van der Waals surface area contributed by atoms with Crippen LogP contribution < -0.4 is 5.73 Å². The molecule has 0 heterocycles. The highest BCUT2D eigenvalue weighted by Crippen LogP contribution is 2.26. The van der Waals surface area contributed by atoms with E-state index in [1.54, 1.807) is 14.2 Å². The largest absolute Gasteiger partial charge is 0.388 e. The van der Waals surface area contributed by atoms with Gasteiger partial charge in [0.15, 0.2) is 0 Å². The maximum Gasteiger partial charge on any atom is 0.0924 e. The Balaban J connectivity index is 3.00. The van der Waals surface area contributed by atoms with Crippen molar-refractivity contribution in [2.75, 3.05) is 34.0 Å². The summed E-state index contributed by atoms with van der Waals surface area (Å²) in [7, 11) is 3.40. The molecule has 0 aliphatic carbocycles. The van der Waals surface area contributed by atoms with E-state index in [2.05, 4.69) is 24.0 Å². The molecular weight excluding hydrogens is 266 g/mol. The topological polar surface area (TPSA) is 71.6 Å². The Morgan fingerprint density at radius 2 is 1.90 bits per heavy atom. The molecule has 0 aromatic heterocycles. The second kappa shape index (κ2) is 9.50. The van der Waals surface area contributed by atoms with Crippen LogP contribution in [0.1, 0.15) is 24.9 Å². The van der Waals surface area contributed by atoms with Crippen molar-refractivity contribution >= 4 is 5.84 Å². The third kappa shape index (κ3) is 5.83. The third-order valence-electron chi connectivity index (χ3n) is 3.53. The molecule has 0 aliphatic rings. The maximum absolute atomic E-state index is 7.68. The van der Waals surface area contributed by atoms with Crippen LogP contribution in [0, 0.1) is 5.41 Å². The highest BCUT2D eigenvalue weighted by molar-refractivity contribution is 5.77. The Morgan fingerprint density at radius 1 is 1.24 bits per heavy atom. The van der Waals surface area contributed by atoms with E-state index in [1.807, 2.05) is 18.2 Å². The Bertz CT molecular complexity index is 411. The number of nitrogens with two attached hydrogens (primary N) is 1. The van der Waals surface area contributed by atoms with Gasteiger partial charge in [-0.1, -0.05) is 30.3 Å². The molecular formula is C16H27N3O2. The number of methoxy groups -OCH3 is 2. The molecule has 0 bridgehead atoms. The van der Waals surface area contributed by atoms with Crippen LogP contribution in [0.3, 0.4) is 0 Å². The van der Waals surface area contributed by atoms with Crippen molar-refractivity contribution in [1.82, 2.24) is 4.90 Å². The molecule has 5 nitrogen and oxygen atoms in total. The predicted octanol–water partition coefficient (Wildman–Crippen LogP) is 2.04. The molecule has 2 atom stereocenters. The lowest BCUT2D eigenvalue weighted by atomic mass is 9.99. The fraction of sp³-hybridized carbons (Fsp3) is 0.562. The third-order valence-corrected chi connectivity index (χ3v) is 3.53. The highest BCUT2D eigenvalue weighted by atomic mass is 16.5. The first-order valence-electron chi connectivity index (χ1n) is 7.21. The van der Waals surface area contributed by atoms with E-state index < -0.39 is 0 Å². The summed E-state index contributed by atoms with van der Waals surface area (Å²) >= 11 is 0. The van der Waals surface area contributed by atoms with Crippen LogP contribution in [-0.2, 0) is 9.47 Å². The predicted molar refractivity (Wildman–Crippen MR) is 85.6 cm³/mol. The molecule has 0 fully saturated rings. The van der Waals surface area contributed by atoms with E-state index in [0.29, 0.717) is 19.6 Å². The number of hydrogen-bond donors (Lipinski definition) is 2. The molecule has 118 valence electrons. The molecule has 1 rings (SSSR count). The van der Waals surface area contributed by atoms with Gasteiger partial charge in [-0.15, -0.1) is 0 Å². The van der Waals surface area contributed by atoms with Crippen LogP contribution in [0.25, 0.3) is 0 Å². The van der Waals surface area contributed by atoms with Crippen molar-refractivity contribution in [2.24, 2.45) is 5.73 Å². The maximum atomic E-state index is 7.68. The number of nitrogens with one attached hydrogen (secondary N) is 1. The first-order chi connectivity index (χ1) is 10.1. The minimum atomic E-state index is 0.0593. The summed E-state index contributed by atoms with van der Waals surface area (Å²) in [6, 6.07) is 10.4. The summed E-state index contributed by atoms with van der Waals surface area (Å²) in [5, 5.41) is 7.68. The fourth-order valence-corrected chi connectivity index (χ4v) is 2.53. The monoisotopic (exact) mass is 293 g/mol. The number of ether oxygens (including phenoxy) is 2. The number of nitrogens with zero attached hydrogens (tertiary/aromatic N) is 1. The standard InChI is InChI=1S/C16H27N3O2/c1-13(12-21-3)19(9-10-20-2)15(11-16(17)18)14-7-5-4-6-8-14/h4-8,13,15H,9-12H2,1-3H3,(H3,17,18). The van der Waals surface area contributed by atoms with Crippen molar-refractivity contribution in [2.45, 2.75) is 25.4 Å². The highest BCUT2D eigenvalue weighted by Gasteiger charge is 2.25. The van der Waals surface area contributed by atoms with E-state index >= 15 is 0 Å². The molecule has 0 saturated heterocycles. The Hall–Kier alpha value is -1.43. The van der Waals surface area contributed by atoms with E-state index in [-0.39, 0.29) is 17.9 Å². The average Bonchev–Trinajstić information content (AvgIpc) is 2.47. The van der Waals surface area contributed by atoms with Gasteiger partial charge in [0, 0.05) is 39.3 Å². The molecule has 21 heavy (non-hydrogen) atoms. The summed E-state index contributed by atoms with van der Waals surface area (Å²) in [5.74, 6) is 0.191. The lowest BCUT2D eigenvalue weighted by Gasteiger charge is -2.36. The summed E-state index contributed by atoms with van der Waals surface area (Å²) in [5.41, 5.74) is 6.82. The van der Waals surface area contributed by atoms with Gasteiger partial charge in [0.25, 0.3) is 0 Å². The van der Waals surface area contributed by atoms with Crippen LogP contribution in [0.15, 0.2) is 30.3 Å².